The van der Waals surface area contributed by atoms with Gasteiger partial charge in [-0.1, -0.05) is 13.3 Å². The molecule has 4 nitrogen and oxygen atoms in total. The van der Waals surface area contributed by atoms with Crippen molar-refractivity contribution in [2.24, 2.45) is 0 Å². The molecule has 22 heavy (non-hydrogen) atoms. The number of ketones is 1. The van der Waals surface area contributed by atoms with Crippen molar-refractivity contribution in [3.05, 3.63) is 29.8 Å². The Kier molecular flexibility index (Phi) is 8.35. The molecule has 0 saturated carbocycles. The van der Waals surface area contributed by atoms with Gasteiger partial charge in [0.1, 0.15) is 25.4 Å². The SMILES string of the molecule is CCCCOc1ccc(C(=O)C[N+]2(C)CCOCC2)cc1.[I-]. The predicted molar refractivity (Wildman–Crippen MR) is 82.8 cm³/mol. The van der Waals surface area contributed by atoms with Crippen LogP contribution in [-0.2, 0) is 4.74 Å². The minimum Gasteiger partial charge on any atom is -1.00 e. The quantitative estimate of drug-likeness (QED) is 0.260. The Morgan fingerprint density at radius 3 is 2.45 bits per heavy atom. The molecule has 0 amide bonds. The summed E-state index contributed by atoms with van der Waals surface area (Å²) in [4.78, 5) is 12.4. The fourth-order valence-corrected chi connectivity index (χ4v) is 2.45. The third-order valence-corrected chi connectivity index (χ3v) is 4.02. The summed E-state index contributed by atoms with van der Waals surface area (Å²) in [5, 5.41) is 0. The van der Waals surface area contributed by atoms with Gasteiger partial charge >= 0.3 is 0 Å². The maximum atomic E-state index is 12.4. The number of likely N-dealkylation sites (N-methyl/N-ethyl adjacent to an activating group) is 1. The van der Waals surface area contributed by atoms with E-state index >= 15 is 0 Å². The van der Waals surface area contributed by atoms with Crippen LogP contribution in [0.2, 0.25) is 0 Å². The van der Waals surface area contributed by atoms with Crippen LogP contribution in [-0.4, -0.2) is 56.8 Å². The van der Waals surface area contributed by atoms with Crippen molar-refractivity contribution < 1.29 is 42.7 Å². The first-order valence-corrected chi connectivity index (χ1v) is 7.80. The van der Waals surface area contributed by atoms with Crippen LogP contribution in [0.5, 0.6) is 5.75 Å². The monoisotopic (exact) mass is 419 g/mol. The van der Waals surface area contributed by atoms with Crippen LogP contribution in [0.3, 0.4) is 0 Å². The summed E-state index contributed by atoms with van der Waals surface area (Å²) in [5.74, 6) is 1.03. The van der Waals surface area contributed by atoms with Gasteiger partial charge in [0.05, 0.1) is 26.9 Å². The molecule has 1 aliphatic heterocycles. The van der Waals surface area contributed by atoms with Gasteiger partial charge in [-0.25, -0.2) is 0 Å². The molecule has 1 aliphatic rings. The number of unbranched alkanes of at least 4 members (excludes halogenated alkanes) is 1. The number of Topliss-reactive ketones (excluding diaryl/α,β-unsaturated/α-hetero) is 1. The molecule has 0 unspecified atom stereocenters. The molecule has 0 bridgehead atoms. The highest BCUT2D eigenvalue weighted by Gasteiger charge is 2.28. The average molecular weight is 419 g/mol. The zero-order valence-electron chi connectivity index (χ0n) is 13.5. The lowest BCUT2D eigenvalue weighted by atomic mass is 10.1. The van der Waals surface area contributed by atoms with Gasteiger partial charge in [0.15, 0.2) is 0 Å². The summed E-state index contributed by atoms with van der Waals surface area (Å²) in [6.07, 6.45) is 2.18. The van der Waals surface area contributed by atoms with Crippen molar-refractivity contribution in [1.82, 2.24) is 0 Å². The molecular formula is C17H26INO3. The Morgan fingerprint density at radius 2 is 1.86 bits per heavy atom. The maximum Gasteiger partial charge on any atom is 0.216 e. The molecule has 124 valence electrons. The number of nitrogens with zero attached hydrogens (tertiary/aromatic N) is 1. The summed E-state index contributed by atoms with van der Waals surface area (Å²) in [6, 6.07) is 7.52. The van der Waals surface area contributed by atoms with Crippen LogP contribution >= 0.6 is 0 Å². The van der Waals surface area contributed by atoms with Crippen molar-refractivity contribution in [2.45, 2.75) is 19.8 Å². The van der Waals surface area contributed by atoms with E-state index in [1.54, 1.807) is 0 Å². The molecule has 0 aromatic heterocycles. The molecular weight excluding hydrogens is 393 g/mol. The smallest absolute Gasteiger partial charge is 0.216 e. The molecule has 2 rings (SSSR count). The Bertz CT molecular complexity index is 455. The Hall–Kier alpha value is -0.660. The van der Waals surface area contributed by atoms with Gasteiger partial charge in [-0.05, 0) is 30.7 Å². The first kappa shape index (κ1) is 19.4. The van der Waals surface area contributed by atoms with E-state index in [1.165, 1.54) is 0 Å². The second-order valence-corrected chi connectivity index (χ2v) is 5.99. The standard InChI is InChI=1S/C17H26NO3.HI/c1-3-4-11-21-16-7-5-15(6-8-16)17(19)14-18(2)9-12-20-13-10-18;/h5-8H,3-4,9-14H2,1-2H3;1H/q+1;/p-1. The third kappa shape index (κ3) is 5.85. The molecule has 1 aromatic rings. The first-order valence-electron chi connectivity index (χ1n) is 7.80. The normalized spacial score (nSPS) is 16.6. The van der Waals surface area contributed by atoms with E-state index in [0.717, 1.165) is 61.5 Å². The van der Waals surface area contributed by atoms with Gasteiger partial charge in [-0.3, -0.25) is 4.79 Å². The van der Waals surface area contributed by atoms with Crippen LogP contribution in [0.4, 0.5) is 0 Å². The number of carbonyl (C=O) groups is 1. The van der Waals surface area contributed by atoms with E-state index in [4.69, 9.17) is 9.47 Å². The largest absolute Gasteiger partial charge is 1.00 e. The Morgan fingerprint density at radius 1 is 1.23 bits per heavy atom. The maximum absolute atomic E-state index is 12.4. The molecule has 1 saturated heterocycles. The second kappa shape index (κ2) is 9.47. The second-order valence-electron chi connectivity index (χ2n) is 5.99. The molecule has 0 radical (unpaired) electrons. The summed E-state index contributed by atoms with van der Waals surface area (Å²) >= 11 is 0. The minimum atomic E-state index is 0. The molecule has 0 N–H and O–H groups in total. The van der Waals surface area contributed by atoms with E-state index in [-0.39, 0.29) is 29.8 Å². The van der Waals surface area contributed by atoms with Crippen molar-refractivity contribution >= 4 is 5.78 Å². The summed E-state index contributed by atoms with van der Waals surface area (Å²) in [7, 11) is 2.13. The number of benzene rings is 1. The predicted octanol–water partition coefficient (Wildman–Crippen LogP) is -0.471. The highest BCUT2D eigenvalue weighted by atomic mass is 127. The van der Waals surface area contributed by atoms with E-state index < -0.39 is 0 Å². The van der Waals surface area contributed by atoms with Crippen LogP contribution < -0.4 is 28.7 Å². The van der Waals surface area contributed by atoms with Gasteiger partial charge in [0, 0.05) is 5.56 Å². The number of hydrogen-bond acceptors (Lipinski definition) is 3. The summed E-state index contributed by atoms with van der Waals surface area (Å²) in [6.45, 7) is 6.72. The van der Waals surface area contributed by atoms with Crippen molar-refractivity contribution in [3.8, 4) is 5.75 Å². The topological polar surface area (TPSA) is 35.5 Å². The van der Waals surface area contributed by atoms with E-state index in [1.807, 2.05) is 24.3 Å². The van der Waals surface area contributed by atoms with E-state index in [9.17, 15) is 4.79 Å². The number of morpholine rings is 1. The van der Waals surface area contributed by atoms with Crippen molar-refractivity contribution in [2.75, 3.05) is 46.5 Å². The third-order valence-electron chi connectivity index (χ3n) is 4.02. The minimum absolute atomic E-state index is 0. The van der Waals surface area contributed by atoms with Gasteiger partial charge in [0.2, 0.25) is 5.78 Å². The van der Waals surface area contributed by atoms with Crippen molar-refractivity contribution in [1.29, 1.82) is 0 Å². The Labute approximate surface area is 150 Å². The molecule has 5 heteroatoms. The van der Waals surface area contributed by atoms with Crippen LogP contribution in [0.25, 0.3) is 0 Å². The molecule has 1 heterocycles. The number of carbonyl (C=O) groups excluding carboxylic acids is 1. The average Bonchev–Trinajstić information content (AvgIpc) is 2.48. The van der Waals surface area contributed by atoms with Crippen LogP contribution in [0.1, 0.15) is 30.1 Å². The number of ether oxygens (including phenoxy) is 2. The fraction of sp³-hybridized carbons (Fsp3) is 0.588. The molecule has 0 spiro atoms. The number of rotatable bonds is 7. The highest BCUT2D eigenvalue weighted by molar-refractivity contribution is 5.97. The van der Waals surface area contributed by atoms with Gasteiger partial charge < -0.3 is 37.9 Å². The van der Waals surface area contributed by atoms with E-state index in [2.05, 4.69) is 14.0 Å². The number of hydrogen-bond donors (Lipinski definition) is 0. The first-order chi connectivity index (χ1) is 10.1. The zero-order chi connectivity index (χ0) is 15.1. The summed E-state index contributed by atoms with van der Waals surface area (Å²) in [5.41, 5.74) is 0.767. The Balaban J connectivity index is 0.00000242. The molecule has 1 fully saturated rings. The highest BCUT2D eigenvalue weighted by Crippen LogP contribution is 2.15. The van der Waals surface area contributed by atoms with Gasteiger partial charge in [0.25, 0.3) is 0 Å². The lowest BCUT2D eigenvalue weighted by Gasteiger charge is -2.36. The fourth-order valence-electron chi connectivity index (χ4n) is 2.45. The van der Waals surface area contributed by atoms with Crippen LogP contribution in [0.15, 0.2) is 24.3 Å². The molecule has 0 aliphatic carbocycles. The number of quaternary nitrogens is 1. The van der Waals surface area contributed by atoms with Gasteiger partial charge in [-0.2, -0.15) is 0 Å². The number of halogens is 1. The molecule has 1 aromatic carbocycles. The zero-order valence-corrected chi connectivity index (χ0v) is 15.7. The van der Waals surface area contributed by atoms with E-state index in [0.29, 0.717) is 6.54 Å². The summed E-state index contributed by atoms with van der Waals surface area (Å²) < 4.78 is 11.8. The molecule has 0 atom stereocenters. The van der Waals surface area contributed by atoms with Crippen LogP contribution in [0, 0.1) is 0 Å². The van der Waals surface area contributed by atoms with Gasteiger partial charge in [-0.15, -0.1) is 0 Å². The van der Waals surface area contributed by atoms with Crippen molar-refractivity contribution in [3.63, 3.8) is 0 Å². The lowest BCUT2D eigenvalue weighted by molar-refractivity contribution is -0.908. The lowest BCUT2D eigenvalue weighted by Crippen LogP contribution is -3.00.